The fraction of sp³-hybridized carbons (Fsp3) is 0.500. The summed E-state index contributed by atoms with van der Waals surface area (Å²) in [4.78, 5) is 2.18. The Morgan fingerprint density at radius 1 is 1.07 bits per heavy atom. The van der Waals surface area contributed by atoms with Crippen molar-refractivity contribution in [3.8, 4) is 0 Å². The van der Waals surface area contributed by atoms with Crippen LogP contribution < -0.4 is 10.1 Å². The zero-order valence-electron chi connectivity index (χ0n) is 9.52. The van der Waals surface area contributed by atoms with Crippen LogP contribution in [0.5, 0.6) is 0 Å². The van der Waals surface area contributed by atoms with Crippen LogP contribution in [0.1, 0.15) is 25.0 Å². The van der Waals surface area contributed by atoms with Gasteiger partial charge in [-0.1, -0.05) is 25.1 Å². The molecule has 1 aromatic carbocycles. The van der Waals surface area contributed by atoms with Gasteiger partial charge in [-0.05, 0) is 30.0 Å². The summed E-state index contributed by atoms with van der Waals surface area (Å²) in [6, 6.07) is 4.32. The van der Waals surface area contributed by atoms with Crippen LogP contribution in [0.25, 0.3) is 0 Å². The lowest BCUT2D eigenvalue weighted by Crippen LogP contribution is -2.18. The van der Waals surface area contributed by atoms with Crippen molar-refractivity contribution in [3.63, 3.8) is 0 Å². The summed E-state index contributed by atoms with van der Waals surface area (Å²) in [5.41, 5.74) is 4.24. The molecule has 0 fully saturated rings. The van der Waals surface area contributed by atoms with Gasteiger partial charge in [-0.2, -0.15) is 0 Å². The summed E-state index contributed by atoms with van der Waals surface area (Å²) >= 11 is 0. The van der Waals surface area contributed by atoms with Crippen LogP contribution in [-0.2, 0) is 12.8 Å². The standard InChI is InChI=1S/C12H18NSi/c1-5-9-10(6-2)12(14)8-7-11(9)13(3)4/h7-8H,5-6H2,1-4H3. The largest absolute Gasteiger partial charge is 0.377 e. The van der Waals surface area contributed by atoms with Crippen molar-refractivity contribution in [1.29, 1.82) is 0 Å². The van der Waals surface area contributed by atoms with Gasteiger partial charge in [0.05, 0.1) is 10.2 Å². The van der Waals surface area contributed by atoms with E-state index in [2.05, 4.69) is 55.2 Å². The highest BCUT2D eigenvalue weighted by atomic mass is 28.1. The van der Waals surface area contributed by atoms with Crippen molar-refractivity contribution < 1.29 is 0 Å². The molecule has 1 aromatic rings. The molecule has 0 aromatic heterocycles. The van der Waals surface area contributed by atoms with Crippen LogP contribution >= 0.6 is 0 Å². The van der Waals surface area contributed by atoms with Crippen molar-refractivity contribution in [2.45, 2.75) is 26.7 Å². The Kier molecular flexibility index (Phi) is 3.75. The quantitative estimate of drug-likeness (QED) is 0.677. The summed E-state index contributed by atoms with van der Waals surface area (Å²) < 4.78 is 0. The summed E-state index contributed by atoms with van der Waals surface area (Å²) in [7, 11) is 7.86. The Morgan fingerprint density at radius 3 is 2.07 bits per heavy atom. The molecule has 0 saturated heterocycles. The number of benzene rings is 1. The van der Waals surface area contributed by atoms with E-state index < -0.39 is 0 Å². The van der Waals surface area contributed by atoms with E-state index in [1.165, 1.54) is 22.0 Å². The normalized spacial score (nSPS) is 10.4. The molecule has 0 spiro atoms. The molecule has 3 radical (unpaired) electrons. The van der Waals surface area contributed by atoms with Gasteiger partial charge in [0.25, 0.3) is 0 Å². The maximum atomic E-state index is 3.66. The topological polar surface area (TPSA) is 3.24 Å². The lowest BCUT2D eigenvalue weighted by molar-refractivity contribution is 1.01. The molecule has 75 valence electrons. The first-order chi connectivity index (χ1) is 6.61. The Bertz CT molecular complexity index is 318. The third kappa shape index (κ3) is 2.00. The average molecular weight is 204 g/mol. The first kappa shape index (κ1) is 11.3. The first-order valence-corrected chi connectivity index (χ1v) is 5.65. The smallest absolute Gasteiger partial charge is 0.0715 e. The van der Waals surface area contributed by atoms with Crippen LogP contribution in [0.4, 0.5) is 5.69 Å². The third-order valence-corrected chi connectivity index (χ3v) is 3.06. The van der Waals surface area contributed by atoms with Gasteiger partial charge in [-0.25, -0.2) is 0 Å². The van der Waals surface area contributed by atoms with Crippen LogP contribution in [0.3, 0.4) is 0 Å². The lowest BCUT2D eigenvalue weighted by atomic mass is 10.0. The van der Waals surface area contributed by atoms with E-state index in [1.54, 1.807) is 0 Å². The van der Waals surface area contributed by atoms with Gasteiger partial charge >= 0.3 is 0 Å². The maximum absolute atomic E-state index is 3.66. The van der Waals surface area contributed by atoms with Crippen LogP contribution in [0.2, 0.25) is 0 Å². The molecular formula is C12H18NSi. The maximum Gasteiger partial charge on any atom is 0.0715 e. The summed E-state index contributed by atoms with van der Waals surface area (Å²) in [5, 5.41) is 1.23. The van der Waals surface area contributed by atoms with Crippen LogP contribution in [0.15, 0.2) is 12.1 Å². The highest BCUT2D eigenvalue weighted by Gasteiger charge is 2.09. The predicted octanol–water partition coefficient (Wildman–Crippen LogP) is 1.67. The Morgan fingerprint density at radius 2 is 1.64 bits per heavy atom. The zero-order valence-corrected chi connectivity index (χ0v) is 10.5. The van der Waals surface area contributed by atoms with E-state index in [-0.39, 0.29) is 0 Å². The summed E-state index contributed by atoms with van der Waals surface area (Å²) in [6.07, 6.45) is 2.18. The molecule has 1 rings (SSSR count). The fourth-order valence-corrected chi connectivity index (χ4v) is 2.31. The molecule has 2 heteroatoms. The van der Waals surface area contributed by atoms with Gasteiger partial charge in [-0.15, -0.1) is 0 Å². The SMILES string of the molecule is CCc1c([Si])ccc(N(C)C)c1CC. The molecule has 0 N–H and O–H groups in total. The Labute approximate surface area is 90.6 Å². The summed E-state index contributed by atoms with van der Waals surface area (Å²) in [6.45, 7) is 4.42. The minimum atomic E-state index is 1.09. The molecule has 0 aliphatic carbocycles. The molecule has 14 heavy (non-hydrogen) atoms. The molecule has 1 nitrogen and oxygen atoms in total. The Hall–Kier alpha value is -0.763. The number of hydrogen-bond acceptors (Lipinski definition) is 1. The van der Waals surface area contributed by atoms with E-state index in [0.29, 0.717) is 0 Å². The third-order valence-electron chi connectivity index (χ3n) is 2.60. The number of rotatable bonds is 3. The number of hydrogen-bond donors (Lipinski definition) is 0. The molecule has 0 heterocycles. The number of nitrogens with zero attached hydrogens (tertiary/aromatic N) is 1. The predicted molar refractivity (Wildman–Crippen MR) is 64.9 cm³/mol. The van der Waals surface area contributed by atoms with E-state index in [4.69, 9.17) is 0 Å². The molecule has 0 atom stereocenters. The average Bonchev–Trinajstić information content (AvgIpc) is 2.16. The van der Waals surface area contributed by atoms with Crippen molar-refractivity contribution in [1.82, 2.24) is 0 Å². The van der Waals surface area contributed by atoms with Gasteiger partial charge in [0.2, 0.25) is 0 Å². The number of anilines is 1. The van der Waals surface area contributed by atoms with E-state index in [0.717, 1.165) is 12.8 Å². The second kappa shape index (κ2) is 4.65. The second-order valence-corrected chi connectivity index (χ2v) is 4.23. The van der Waals surface area contributed by atoms with Gasteiger partial charge in [0.15, 0.2) is 0 Å². The molecular weight excluding hydrogens is 186 g/mol. The van der Waals surface area contributed by atoms with E-state index in [9.17, 15) is 0 Å². The molecule has 0 aliphatic heterocycles. The van der Waals surface area contributed by atoms with Crippen LogP contribution in [0, 0.1) is 0 Å². The highest BCUT2D eigenvalue weighted by Crippen LogP contribution is 2.21. The van der Waals surface area contributed by atoms with E-state index in [1.807, 2.05) is 0 Å². The monoisotopic (exact) mass is 204 g/mol. The van der Waals surface area contributed by atoms with Gasteiger partial charge < -0.3 is 4.90 Å². The fourth-order valence-electron chi connectivity index (χ4n) is 1.90. The first-order valence-electron chi connectivity index (χ1n) is 5.15. The van der Waals surface area contributed by atoms with Crippen molar-refractivity contribution in [2.24, 2.45) is 0 Å². The van der Waals surface area contributed by atoms with Crippen molar-refractivity contribution >= 4 is 21.1 Å². The van der Waals surface area contributed by atoms with Gasteiger partial charge in [-0.3, -0.25) is 0 Å². The van der Waals surface area contributed by atoms with Crippen LogP contribution in [-0.4, -0.2) is 24.3 Å². The molecule has 0 bridgehead atoms. The van der Waals surface area contributed by atoms with Gasteiger partial charge in [0.1, 0.15) is 0 Å². The Balaban J connectivity index is 3.33. The minimum Gasteiger partial charge on any atom is -0.377 e. The lowest BCUT2D eigenvalue weighted by Gasteiger charge is -2.21. The van der Waals surface area contributed by atoms with Gasteiger partial charge in [0, 0.05) is 19.8 Å². The minimum absolute atomic E-state index is 1.09. The van der Waals surface area contributed by atoms with Crippen molar-refractivity contribution in [2.75, 3.05) is 19.0 Å². The van der Waals surface area contributed by atoms with Crippen molar-refractivity contribution in [3.05, 3.63) is 23.3 Å². The zero-order chi connectivity index (χ0) is 10.7. The van der Waals surface area contributed by atoms with E-state index >= 15 is 0 Å². The highest BCUT2D eigenvalue weighted by molar-refractivity contribution is 6.33. The molecule has 0 saturated carbocycles. The summed E-state index contributed by atoms with van der Waals surface area (Å²) in [5.74, 6) is 0. The molecule has 0 unspecified atom stereocenters. The molecule has 0 aliphatic rings. The second-order valence-electron chi connectivity index (χ2n) is 3.69. The molecule has 0 amide bonds.